The van der Waals surface area contributed by atoms with Crippen molar-refractivity contribution in [3.05, 3.63) is 23.8 Å². The Kier molecular flexibility index (Phi) is 4.18. The van der Waals surface area contributed by atoms with Crippen LogP contribution in [0, 0.1) is 11.8 Å². The molecule has 0 heterocycles. The van der Waals surface area contributed by atoms with Gasteiger partial charge in [0.05, 0.1) is 5.33 Å². The van der Waals surface area contributed by atoms with Crippen LogP contribution in [0.5, 0.6) is 0 Å². The first-order valence-corrected chi connectivity index (χ1v) is 5.40. The van der Waals surface area contributed by atoms with Crippen LogP contribution < -0.4 is 0 Å². The predicted molar refractivity (Wildman–Crippen MR) is 57.3 cm³/mol. The van der Waals surface area contributed by atoms with E-state index >= 15 is 0 Å². The summed E-state index contributed by atoms with van der Waals surface area (Å²) in [7, 11) is 0. The summed E-state index contributed by atoms with van der Waals surface area (Å²) in [4.78, 5) is 0. The van der Waals surface area contributed by atoms with Crippen molar-refractivity contribution in [1.29, 1.82) is 0 Å². The maximum atomic E-state index is 3.81. The molecule has 0 fully saturated rings. The van der Waals surface area contributed by atoms with Crippen molar-refractivity contribution in [3.8, 4) is 11.8 Å². The topological polar surface area (TPSA) is 0 Å². The molecule has 0 nitrogen and oxygen atoms in total. The van der Waals surface area contributed by atoms with E-state index in [1.807, 2.05) is 6.08 Å². The second-order valence-electron chi connectivity index (χ2n) is 2.85. The third-order valence-corrected chi connectivity index (χ3v) is 2.34. The molecule has 0 N–H and O–H groups in total. The average Bonchev–Trinajstić information content (AvgIpc) is 2.15. The van der Waals surface area contributed by atoms with Crippen LogP contribution in [0.3, 0.4) is 0 Å². The van der Waals surface area contributed by atoms with Gasteiger partial charge in [0.1, 0.15) is 0 Å². The highest BCUT2D eigenvalue weighted by molar-refractivity contribution is 9.09. The normalized spacial score (nSPS) is 16.8. The van der Waals surface area contributed by atoms with E-state index in [0.717, 1.165) is 18.2 Å². The molecule has 0 aliphatic heterocycles. The summed E-state index contributed by atoms with van der Waals surface area (Å²) >= 11 is 3.30. The van der Waals surface area contributed by atoms with E-state index in [4.69, 9.17) is 0 Å². The Morgan fingerprint density at radius 1 is 1.42 bits per heavy atom. The van der Waals surface area contributed by atoms with Gasteiger partial charge in [0.15, 0.2) is 0 Å². The first-order valence-electron chi connectivity index (χ1n) is 4.27. The summed E-state index contributed by atoms with van der Waals surface area (Å²) < 4.78 is 0. The fourth-order valence-corrected chi connectivity index (χ4v) is 1.58. The second kappa shape index (κ2) is 5.22. The average molecular weight is 225 g/mol. The number of hydrogen-bond donors (Lipinski definition) is 0. The molecule has 0 amide bonds. The van der Waals surface area contributed by atoms with Gasteiger partial charge in [-0.05, 0) is 31.3 Å². The third-order valence-electron chi connectivity index (χ3n) is 2.06. The minimum Gasteiger partial charge on any atom is -0.0988 e. The van der Waals surface area contributed by atoms with E-state index in [0.29, 0.717) is 0 Å². The first-order chi connectivity index (χ1) is 5.88. The molecule has 0 aromatic heterocycles. The van der Waals surface area contributed by atoms with Gasteiger partial charge in [-0.3, -0.25) is 0 Å². The van der Waals surface area contributed by atoms with E-state index in [1.54, 1.807) is 0 Å². The maximum absolute atomic E-state index is 3.81. The zero-order chi connectivity index (χ0) is 8.81. The van der Waals surface area contributed by atoms with Crippen molar-refractivity contribution in [2.75, 3.05) is 5.33 Å². The van der Waals surface area contributed by atoms with Crippen molar-refractivity contribution in [3.63, 3.8) is 0 Å². The number of alkyl halides is 1. The van der Waals surface area contributed by atoms with Gasteiger partial charge in [-0.2, -0.15) is 0 Å². The summed E-state index contributed by atoms with van der Waals surface area (Å²) in [5.74, 6) is 6.23. The highest BCUT2D eigenvalue weighted by atomic mass is 79.9. The van der Waals surface area contributed by atoms with Crippen molar-refractivity contribution < 1.29 is 0 Å². The molecule has 0 atom stereocenters. The van der Waals surface area contributed by atoms with Crippen LogP contribution in [0.15, 0.2) is 23.8 Å². The van der Waals surface area contributed by atoms with Crippen LogP contribution in [-0.2, 0) is 0 Å². The molecule has 1 aliphatic carbocycles. The molecule has 0 bridgehead atoms. The van der Waals surface area contributed by atoms with Gasteiger partial charge in [0.2, 0.25) is 0 Å². The number of hydrogen-bond acceptors (Lipinski definition) is 0. The highest BCUT2D eigenvalue weighted by Crippen LogP contribution is 2.24. The Morgan fingerprint density at radius 2 is 2.17 bits per heavy atom. The third kappa shape index (κ3) is 2.53. The molecule has 0 aromatic rings. The summed E-state index contributed by atoms with van der Waals surface area (Å²) in [5, 5.41) is 0.765. The predicted octanol–water partition coefficient (Wildman–Crippen LogP) is 3.44. The molecular formula is C11H13Br. The smallest absolute Gasteiger partial charge is 0.0649 e. The van der Waals surface area contributed by atoms with Crippen LogP contribution in [-0.4, -0.2) is 5.33 Å². The molecule has 12 heavy (non-hydrogen) atoms. The molecule has 64 valence electrons. The molecule has 0 radical (unpaired) electrons. The van der Waals surface area contributed by atoms with Crippen LogP contribution in [0.4, 0.5) is 0 Å². The molecule has 1 rings (SSSR count). The molecule has 0 unspecified atom stereocenters. The lowest BCUT2D eigenvalue weighted by atomic mass is 9.92. The standard InChI is InChI=1S/C11H13Br/c1-2-10-6-3-4-7-11(10)8-5-9-12/h2H,1,3-4,6-7,9H2. The van der Waals surface area contributed by atoms with Gasteiger partial charge in [-0.15, -0.1) is 0 Å². The van der Waals surface area contributed by atoms with Gasteiger partial charge in [-0.25, -0.2) is 0 Å². The van der Waals surface area contributed by atoms with Crippen molar-refractivity contribution in [2.45, 2.75) is 25.7 Å². The monoisotopic (exact) mass is 224 g/mol. The number of halogens is 1. The number of rotatable bonds is 1. The summed E-state index contributed by atoms with van der Waals surface area (Å²) in [6, 6.07) is 0. The fraction of sp³-hybridized carbons (Fsp3) is 0.455. The van der Waals surface area contributed by atoms with Gasteiger partial charge in [-0.1, -0.05) is 40.4 Å². The Balaban J connectivity index is 2.79. The van der Waals surface area contributed by atoms with Crippen LogP contribution in [0.25, 0.3) is 0 Å². The van der Waals surface area contributed by atoms with Gasteiger partial charge in [0.25, 0.3) is 0 Å². The fourth-order valence-electron chi connectivity index (χ4n) is 1.44. The molecular weight excluding hydrogens is 212 g/mol. The van der Waals surface area contributed by atoms with Crippen LogP contribution in [0.1, 0.15) is 25.7 Å². The molecule has 1 heteroatoms. The first kappa shape index (κ1) is 9.61. The van der Waals surface area contributed by atoms with E-state index < -0.39 is 0 Å². The second-order valence-corrected chi connectivity index (χ2v) is 3.41. The van der Waals surface area contributed by atoms with Crippen molar-refractivity contribution >= 4 is 15.9 Å². The summed E-state index contributed by atoms with van der Waals surface area (Å²) in [6.45, 7) is 3.81. The van der Waals surface area contributed by atoms with E-state index in [1.165, 1.54) is 24.0 Å². The molecule has 0 spiro atoms. The lowest BCUT2D eigenvalue weighted by Crippen LogP contribution is -1.95. The van der Waals surface area contributed by atoms with Crippen LogP contribution >= 0.6 is 15.9 Å². The Morgan fingerprint density at radius 3 is 2.83 bits per heavy atom. The molecule has 0 aromatic carbocycles. The van der Waals surface area contributed by atoms with E-state index in [2.05, 4.69) is 34.3 Å². The highest BCUT2D eigenvalue weighted by Gasteiger charge is 2.07. The number of allylic oxidation sites excluding steroid dienone is 3. The quantitative estimate of drug-likeness (QED) is 0.473. The minimum atomic E-state index is 0.765. The molecule has 0 saturated heterocycles. The van der Waals surface area contributed by atoms with Crippen molar-refractivity contribution in [2.24, 2.45) is 0 Å². The minimum absolute atomic E-state index is 0.765. The van der Waals surface area contributed by atoms with Gasteiger partial charge >= 0.3 is 0 Å². The Labute approximate surface area is 82.9 Å². The van der Waals surface area contributed by atoms with E-state index in [9.17, 15) is 0 Å². The lowest BCUT2D eigenvalue weighted by molar-refractivity contribution is 0.697. The molecule has 1 aliphatic rings. The van der Waals surface area contributed by atoms with Crippen molar-refractivity contribution in [1.82, 2.24) is 0 Å². The van der Waals surface area contributed by atoms with Gasteiger partial charge < -0.3 is 0 Å². The zero-order valence-corrected chi connectivity index (χ0v) is 8.78. The summed E-state index contributed by atoms with van der Waals surface area (Å²) in [5.41, 5.74) is 2.66. The SMILES string of the molecule is C=CC1=C(C#CCBr)CCCC1. The summed E-state index contributed by atoms with van der Waals surface area (Å²) in [6.07, 6.45) is 6.83. The largest absolute Gasteiger partial charge is 0.0988 e. The van der Waals surface area contributed by atoms with E-state index in [-0.39, 0.29) is 0 Å². The molecule has 0 saturated carbocycles. The van der Waals surface area contributed by atoms with Crippen LogP contribution in [0.2, 0.25) is 0 Å². The lowest BCUT2D eigenvalue weighted by Gasteiger charge is -2.12. The Hall–Kier alpha value is -0.480. The zero-order valence-electron chi connectivity index (χ0n) is 7.20. The Bertz CT molecular complexity index is 250. The van der Waals surface area contributed by atoms with Gasteiger partial charge in [0, 0.05) is 5.57 Å². The maximum Gasteiger partial charge on any atom is 0.0649 e.